The largest absolute Gasteiger partial charge is 0.330 e. The molecule has 2 aromatic heterocycles. The average Bonchev–Trinajstić information content (AvgIpc) is 2.81. The molecule has 3 rings (SSSR count). The number of aryl methyl sites for hydroxylation is 1. The minimum absolute atomic E-state index is 0.165. The predicted octanol–water partition coefficient (Wildman–Crippen LogP) is 3.14. The molecule has 0 atom stereocenters. The van der Waals surface area contributed by atoms with Crippen molar-refractivity contribution in [1.29, 1.82) is 0 Å². The lowest BCUT2D eigenvalue weighted by Crippen LogP contribution is -2.42. The topological polar surface area (TPSA) is 43.8 Å². The van der Waals surface area contributed by atoms with Gasteiger partial charge in [-0.3, -0.25) is 4.68 Å². The van der Waals surface area contributed by atoms with E-state index in [1.807, 2.05) is 23.1 Å². The van der Waals surface area contributed by atoms with Crippen molar-refractivity contribution >= 4 is 21.6 Å². The number of fused-ring (bicyclic) bond motifs is 1. The van der Waals surface area contributed by atoms with E-state index in [-0.39, 0.29) is 5.41 Å². The molecule has 2 N–H and O–H groups in total. The Bertz CT molecular complexity index is 570. The van der Waals surface area contributed by atoms with E-state index in [1.54, 1.807) is 0 Å². The number of hydrogen-bond acceptors (Lipinski definition) is 3. The molecule has 0 spiro atoms. The van der Waals surface area contributed by atoms with E-state index in [0.717, 1.165) is 6.54 Å². The maximum absolute atomic E-state index is 6.02. The highest BCUT2D eigenvalue weighted by molar-refractivity contribution is 7.19. The molecule has 0 radical (unpaired) electrons. The van der Waals surface area contributed by atoms with Gasteiger partial charge >= 0.3 is 0 Å². The first kappa shape index (κ1) is 12.2. The molecule has 18 heavy (non-hydrogen) atoms. The summed E-state index contributed by atoms with van der Waals surface area (Å²) in [5.41, 5.74) is 8.72. The van der Waals surface area contributed by atoms with Crippen LogP contribution in [0.25, 0.3) is 10.2 Å². The lowest BCUT2D eigenvalue weighted by Gasteiger charge is -2.39. The SMILES string of the molecule is CC(C)c1cc2c(s1)c(C1(CN)CCC1)nn2C. The van der Waals surface area contributed by atoms with Crippen molar-refractivity contribution in [2.24, 2.45) is 12.8 Å². The van der Waals surface area contributed by atoms with Crippen molar-refractivity contribution in [2.45, 2.75) is 44.4 Å². The lowest BCUT2D eigenvalue weighted by atomic mass is 9.66. The second kappa shape index (κ2) is 4.07. The van der Waals surface area contributed by atoms with Crippen molar-refractivity contribution < 1.29 is 0 Å². The summed E-state index contributed by atoms with van der Waals surface area (Å²) >= 11 is 1.91. The van der Waals surface area contributed by atoms with Gasteiger partial charge in [-0.25, -0.2) is 0 Å². The number of aromatic nitrogens is 2. The third kappa shape index (κ3) is 1.55. The van der Waals surface area contributed by atoms with Crippen LogP contribution in [0.5, 0.6) is 0 Å². The van der Waals surface area contributed by atoms with E-state index in [1.165, 1.54) is 40.1 Å². The fourth-order valence-electron chi connectivity index (χ4n) is 2.83. The molecule has 1 saturated carbocycles. The third-order valence-electron chi connectivity index (χ3n) is 4.32. The summed E-state index contributed by atoms with van der Waals surface area (Å²) in [7, 11) is 2.05. The molecule has 4 heteroatoms. The van der Waals surface area contributed by atoms with Gasteiger partial charge < -0.3 is 5.73 Å². The van der Waals surface area contributed by atoms with Gasteiger partial charge in [-0.2, -0.15) is 5.10 Å². The zero-order valence-corrected chi connectivity index (χ0v) is 12.2. The average molecular weight is 263 g/mol. The number of nitrogens with two attached hydrogens (primary N) is 1. The van der Waals surface area contributed by atoms with E-state index >= 15 is 0 Å². The molecule has 98 valence electrons. The first-order chi connectivity index (χ1) is 8.57. The minimum Gasteiger partial charge on any atom is -0.330 e. The van der Waals surface area contributed by atoms with Crippen LogP contribution in [0, 0.1) is 0 Å². The Morgan fingerprint density at radius 3 is 2.72 bits per heavy atom. The van der Waals surface area contributed by atoms with Gasteiger partial charge in [0.05, 0.1) is 15.9 Å². The Kier molecular flexibility index (Phi) is 2.75. The summed E-state index contributed by atoms with van der Waals surface area (Å²) in [6.07, 6.45) is 3.69. The predicted molar refractivity (Wildman–Crippen MR) is 77.3 cm³/mol. The van der Waals surface area contributed by atoms with Crippen molar-refractivity contribution in [3.8, 4) is 0 Å². The number of hydrogen-bond donors (Lipinski definition) is 1. The second-order valence-corrected chi connectivity index (χ2v) is 6.91. The van der Waals surface area contributed by atoms with Gasteiger partial charge in [0.25, 0.3) is 0 Å². The first-order valence-electron chi connectivity index (χ1n) is 6.74. The van der Waals surface area contributed by atoms with Crippen LogP contribution in [0.1, 0.15) is 49.6 Å². The lowest BCUT2D eigenvalue weighted by molar-refractivity contribution is 0.246. The van der Waals surface area contributed by atoms with Gasteiger partial charge in [0.2, 0.25) is 0 Å². The Morgan fingerprint density at radius 1 is 1.50 bits per heavy atom. The molecule has 1 aliphatic carbocycles. The van der Waals surface area contributed by atoms with Crippen molar-refractivity contribution in [3.05, 3.63) is 16.6 Å². The fraction of sp³-hybridized carbons (Fsp3) is 0.643. The zero-order chi connectivity index (χ0) is 12.9. The number of rotatable bonds is 3. The number of thiophene rings is 1. The fourth-order valence-corrected chi connectivity index (χ4v) is 4.12. The molecule has 2 aromatic rings. The van der Waals surface area contributed by atoms with E-state index in [0.29, 0.717) is 5.92 Å². The van der Waals surface area contributed by atoms with Crippen LogP contribution in [-0.4, -0.2) is 16.3 Å². The summed E-state index contributed by atoms with van der Waals surface area (Å²) in [5.74, 6) is 0.588. The van der Waals surface area contributed by atoms with Crippen molar-refractivity contribution in [3.63, 3.8) is 0 Å². The van der Waals surface area contributed by atoms with E-state index < -0.39 is 0 Å². The van der Waals surface area contributed by atoms with Gasteiger partial charge in [0, 0.05) is 23.9 Å². The van der Waals surface area contributed by atoms with Crippen LogP contribution in [0.4, 0.5) is 0 Å². The van der Waals surface area contributed by atoms with Crippen molar-refractivity contribution in [1.82, 2.24) is 9.78 Å². The highest BCUT2D eigenvalue weighted by Gasteiger charge is 2.41. The molecule has 0 amide bonds. The van der Waals surface area contributed by atoms with Gasteiger partial charge in [-0.15, -0.1) is 11.3 Å². The summed E-state index contributed by atoms with van der Waals surface area (Å²) in [6.45, 7) is 5.23. The van der Waals surface area contributed by atoms with Gasteiger partial charge in [0.15, 0.2) is 0 Å². The highest BCUT2D eigenvalue weighted by Crippen LogP contribution is 2.46. The van der Waals surface area contributed by atoms with Crippen LogP contribution in [0.15, 0.2) is 6.07 Å². The first-order valence-corrected chi connectivity index (χ1v) is 7.56. The van der Waals surface area contributed by atoms with Crippen LogP contribution in [0.3, 0.4) is 0 Å². The Balaban J connectivity index is 2.17. The van der Waals surface area contributed by atoms with E-state index in [4.69, 9.17) is 10.8 Å². The molecular weight excluding hydrogens is 242 g/mol. The van der Waals surface area contributed by atoms with Gasteiger partial charge in [0.1, 0.15) is 0 Å². The Hall–Kier alpha value is -0.870. The van der Waals surface area contributed by atoms with E-state index in [9.17, 15) is 0 Å². The van der Waals surface area contributed by atoms with Gasteiger partial charge in [-0.05, 0) is 24.8 Å². The maximum Gasteiger partial charge on any atom is 0.0877 e. The van der Waals surface area contributed by atoms with Crippen LogP contribution in [-0.2, 0) is 12.5 Å². The molecule has 0 aliphatic heterocycles. The molecule has 0 unspecified atom stereocenters. The molecule has 1 aliphatic rings. The number of nitrogens with zero attached hydrogens (tertiary/aromatic N) is 2. The summed E-state index contributed by atoms with van der Waals surface area (Å²) in [4.78, 5) is 1.45. The summed E-state index contributed by atoms with van der Waals surface area (Å²) in [5, 5.41) is 4.76. The highest BCUT2D eigenvalue weighted by atomic mass is 32.1. The molecule has 0 saturated heterocycles. The molecule has 0 bridgehead atoms. The molecule has 1 fully saturated rings. The Labute approximate surface area is 112 Å². The van der Waals surface area contributed by atoms with Crippen LogP contribution >= 0.6 is 11.3 Å². The second-order valence-electron chi connectivity index (χ2n) is 5.83. The summed E-state index contributed by atoms with van der Waals surface area (Å²) < 4.78 is 3.40. The molecule has 2 heterocycles. The van der Waals surface area contributed by atoms with Crippen molar-refractivity contribution in [2.75, 3.05) is 6.54 Å². The monoisotopic (exact) mass is 263 g/mol. The normalized spacial score (nSPS) is 18.5. The van der Waals surface area contributed by atoms with Crippen LogP contribution < -0.4 is 5.73 Å². The molecule has 0 aromatic carbocycles. The van der Waals surface area contributed by atoms with E-state index in [2.05, 4.69) is 19.9 Å². The minimum atomic E-state index is 0.165. The van der Waals surface area contributed by atoms with Crippen LogP contribution in [0.2, 0.25) is 0 Å². The summed E-state index contributed by atoms with van der Waals surface area (Å²) in [6, 6.07) is 2.30. The standard InChI is InChI=1S/C14H21N3S/c1-9(2)11-7-10-12(18-11)13(16-17(10)3)14(8-15)5-4-6-14/h7,9H,4-6,8,15H2,1-3H3. The quantitative estimate of drug-likeness (QED) is 0.924. The zero-order valence-electron chi connectivity index (χ0n) is 11.4. The maximum atomic E-state index is 6.02. The molecule has 3 nitrogen and oxygen atoms in total. The Morgan fingerprint density at radius 2 is 2.22 bits per heavy atom. The molecular formula is C14H21N3S. The third-order valence-corrected chi connectivity index (χ3v) is 5.75. The smallest absolute Gasteiger partial charge is 0.0877 e. The van der Waals surface area contributed by atoms with Gasteiger partial charge in [-0.1, -0.05) is 20.3 Å².